The minimum Gasteiger partial charge on any atom is -0.330 e. The summed E-state index contributed by atoms with van der Waals surface area (Å²) in [7, 11) is 0. The highest BCUT2D eigenvalue weighted by Crippen LogP contribution is 2.17. The van der Waals surface area contributed by atoms with Crippen molar-refractivity contribution in [1.82, 2.24) is 9.88 Å². The normalized spacial score (nSPS) is 10.4. The molecule has 28 heavy (non-hydrogen) atoms. The van der Waals surface area contributed by atoms with Crippen molar-refractivity contribution in [3.8, 4) is 6.07 Å². The zero-order valence-corrected chi connectivity index (χ0v) is 15.8. The maximum Gasteiger partial charge on any atom is 0.256 e. The van der Waals surface area contributed by atoms with Gasteiger partial charge in [0.25, 0.3) is 5.91 Å². The zero-order chi connectivity index (χ0) is 20.1. The van der Waals surface area contributed by atoms with E-state index in [0.29, 0.717) is 28.9 Å². The van der Waals surface area contributed by atoms with Crippen LogP contribution in [-0.4, -0.2) is 15.8 Å². The molecule has 0 aliphatic heterocycles. The number of carbonyl (C=O) groups excluding carboxylic acids is 1. The summed E-state index contributed by atoms with van der Waals surface area (Å²) in [5, 5.41) is 8.96. The molecule has 0 spiro atoms. The molecule has 0 fully saturated rings. The Labute approximate surface area is 163 Å². The Bertz CT molecular complexity index is 1040. The Hall–Kier alpha value is -3.52. The number of aryl methyl sites for hydroxylation is 2. The molecule has 5 heteroatoms. The molecule has 1 amide bonds. The zero-order valence-electron chi connectivity index (χ0n) is 15.8. The van der Waals surface area contributed by atoms with Gasteiger partial charge in [-0.05, 0) is 61.4 Å². The van der Waals surface area contributed by atoms with Crippen LogP contribution in [0.3, 0.4) is 0 Å². The molecule has 140 valence electrons. The van der Waals surface area contributed by atoms with Crippen LogP contribution in [0.1, 0.15) is 38.4 Å². The molecular weight excluding hydrogens is 353 g/mol. The van der Waals surface area contributed by atoms with E-state index < -0.39 is 0 Å². The number of nitriles is 1. The molecule has 0 saturated heterocycles. The molecule has 1 heterocycles. The number of rotatable bonds is 5. The van der Waals surface area contributed by atoms with Crippen LogP contribution in [0.15, 0.2) is 60.7 Å². The van der Waals surface area contributed by atoms with Crippen molar-refractivity contribution in [1.29, 1.82) is 5.26 Å². The van der Waals surface area contributed by atoms with Gasteiger partial charge < -0.3 is 4.90 Å². The molecular formula is C23H20FN3O. The van der Waals surface area contributed by atoms with E-state index in [1.807, 2.05) is 32.0 Å². The topological polar surface area (TPSA) is 57.0 Å². The molecule has 0 bridgehead atoms. The van der Waals surface area contributed by atoms with Crippen molar-refractivity contribution in [3.05, 3.63) is 100 Å². The van der Waals surface area contributed by atoms with E-state index in [9.17, 15) is 9.18 Å². The van der Waals surface area contributed by atoms with Crippen LogP contribution in [0.4, 0.5) is 4.39 Å². The molecule has 2 aromatic carbocycles. The number of pyridine rings is 1. The van der Waals surface area contributed by atoms with Crippen LogP contribution in [0.2, 0.25) is 0 Å². The van der Waals surface area contributed by atoms with Crippen LogP contribution in [0, 0.1) is 31.0 Å². The lowest BCUT2D eigenvalue weighted by molar-refractivity contribution is 0.0728. The van der Waals surface area contributed by atoms with Gasteiger partial charge in [0.15, 0.2) is 0 Å². The fourth-order valence-corrected chi connectivity index (χ4v) is 3.04. The molecule has 0 unspecified atom stereocenters. The molecule has 0 N–H and O–H groups in total. The summed E-state index contributed by atoms with van der Waals surface area (Å²) >= 11 is 0. The van der Waals surface area contributed by atoms with Crippen LogP contribution in [0.25, 0.3) is 0 Å². The van der Waals surface area contributed by atoms with Gasteiger partial charge in [0.2, 0.25) is 0 Å². The fourth-order valence-electron chi connectivity index (χ4n) is 3.04. The number of halogens is 1. The van der Waals surface area contributed by atoms with Crippen LogP contribution in [0.5, 0.6) is 0 Å². The number of carbonyl (C=O) groups is 1. The fraction of sp³-hybridized carbons (Fsp3) is 0.174. The second kappa shape index (κ2) is 8.45. The first-order valence-corrected chi connectivity index (χ1v) is 8.93. The predicted molar refractivity (Wildman–Crippen MR) is 105 cm³/mol. The van der Waals surface area contributed by atoms with Crippen molar-refractivity contribution < 1.29 is 9.18 Å². The van der Waals surface area contributed by atoms with Gasteiger partial charge in [0.1, 0.15) is 5.82 Å². The maximum atomic E-state index is 13.6. The third-order valence-electron chi connectivity index (χ3n) is 4.46. The number of hydrogen-bond acceptors (Lipinski definition) is 3. The van der Waals surface area contributed by atoms with E-state index in [-0.39, 0.29) is 18.3 Å². The van der Waals surface area contributed by atoms with Gasteiger partial charge in [-0.2, -0.15) is 5.26 Å². The number of benzene rings is 2. The van der Waals surface area contributed by atoms with Gasteiger partial charge in [0, 0.05) is 18.8 Å². The average molecular weight is 373 g/mol. The van der Waals surface area contributed by atoms with Crippen molar-refractivity contribution in [3.63, 3.8) is 0 Å². The molecule has 0 radical (unpaired) electrons. The smallest absolute Gasteiger partial charge is 0.256 e. The summed E-state index contributed by atoms with van der Waals surface area (Å²) in [6.07, 6.45) is 0. The number of hydrogen-bond donors (Lipinski definition) is 0. The minimum atomic E-state index is -0.337. The maximum absolute atomic E-state index is 13.6. The second-order valence-corrected chi connectivity index (χ2v) is 6.69. The van der Waals surface area contributed by atoms with E-state index in [1.54, 1.807) is 35.2 Å². The van der Waals surface area contributed by atoms with Gasteiger partial charge in [0.05, 0.1) is 22.9 Å². The third kappa shape index (κ3) is 4.60. The standard InChI is InChI=1S/C23H20FN3O/c1-16-6-11-22(17(2)26-16)23(28)27(15-20-4-3-5-21(24)12-20)14-19-9-7-18(13-25)8-10-19/h3-12H,14-15H2,1-2H3. The number of aromatic nitrogens is 1. The largest absolute Gasteiger partial charge is 0.330 e. The van der Waals surface area contributed by atoms with Crippen LogP contribution < -0.4 is 0 Å². The first kappa shape index (κ1) is 19.2. The summed E-state index contributed by atoms with van der Waals surface area (Å²) in [6, 6.07) is 19.0. The Kier molecular flexibility index (Phi) is 5.81. The lowest BCUT2D eigenvalue weighted by Crippen LogP contribution is -2.31. The SMILES string of the molecule is Cc1ccc(C(=O)N(Cc2ccc(C#N)cc2)Cc2cccc(F)c2)c(C)n1. The molecule has 0 saturated carbocycles. The molecule has 3 aromatic rings. The summed E-state index contributed by atoms with van der Waals surface area (Å²) < 4.78 is 13.6. The Morgan fingerprint density at radius 3 is 2.39 bits per heavy atom. The van der Waals surface area contributed by atoms with Crippen molar-refractivity contribution in [2.75, 3.05) is 0 Å². The van der Waals surface area contributed by atoms with Crippen LogP contribution >= 0.6 is 0 Å². The van der Waals surface area contributed by atoms with Crippen molar-refractivity contribution >= 4 is 5.91 Å². The van der Waals surface area contributed by atoms with Gasteiger partial charge in [-0.1, -0.05) is 24.3 Å². The quantitative estimate of drug-likeness (QED) is 0.659. The number of nitrogens with zero attached hydrogens (tertiary/aromatic N) is 3. The van der Waals surface area contributed by atoms with E-state index in [4.69, 9.17) is 5.26 Å². The molecule has 0 aliphatic carbocycles. The monoisotopic (exact) mass is 373 g/mol. The third-order valence-corrected chi connectivity index (χ3v) is 4.46. The predicted octanol–water partition coefficient (Wildman–Crippen LogP) is 4.55. The highest BCUT2D eigenvalue weighted by molar-refractivity contribution is 5.95. The Morgan fingerprint density at radius 2 is 1.75 bits per heavy atom. The van der Waals surface area contributed by atoms with Gasteiger partial charge >= 0.3 is 0 Å². The molecule has 4 nitrogen and oxygen atoms in total. The van der Waals surface area contributed by atoms with E-state index in [1.165, 1.54) is 12.1 Å². The van der Waals surface area contributed by atoms with E-state index >= 15 is 0 Å². The molecule has 3 rings (SSSR count). The lowest BCUT2D eigenvalue weighted by Gasteiger charge is -2.24. The first-order chi connectivity index (χ1) is 13.5. The highest BCUT2D eigenvalue weighted by atomic mass is 19.1. The summed E-state index contributed by atoms with van der Waals surface area (Å²) in [5.41, 5.74) is 4.19. The van der Waals surface area contributed by atoms with Crippen molar-refractivity contribution in [2.24, 2.45) is 0 Å². The van der Waals surface area contributed by atoms with Gasteiger partial charge in [-0.15, -0.1) is 0 Å². The Balaban J connectivity index is 1.92. The summed E-state index contributed by atoms with van der Waals surface area (Å²) in [6.45, 7) is 4.29. The lowest BCUT2D eigenvalue weighted by atomic mass is 10.1. The summed E-state index contributed by atoms with van der Waals surface area (Å²) in [4.78, 5) is 19.3. The Morgan fingerprint density at radius 1 is 1.04 bits per heavy atom. The number of amides is 1. The van der Waals surface area contributed by atoms with E-state index in [0.717, 1.165) is 11.3 Å². The summed E-state index contributed by atoms with van der Waals surface area (Å²) in [5.74, 6) is -0.505. The molecule has 0 aliphatic rings. The van der Waals surface area contributed by atoms with Crippen molar-refractivity contribution in [2.45, 2.75) is 26.9 Å². The minimum absolute atomic E-state index is 0.168. The second-order valence-electron chi connectivity index (χ2n) is 6.69. The average Bonchev–Trinajstić information content (AvgIpc) is 2.67. The highest BCUT2D eigenvalue weighted by Gasteiger charge is 2.19. The van der Waals surface area contributed by atoms with Gasteiger partial charge in [-0.3, -0.25) is 9.78 Å². The van der Waals surface area contributed by atoms with E-state index in [2.05, 4.69) is 11.1 Å². The first-order valence-electron chi connectivity index (χ1n) is 8.93. The molecule has 1 aromatic heterocycles. The van der Waals surface area contributed by atoms with Crippen LogP contribution in [-0.2, 0) is 13.1 Å². The van der Waals surface area contributed by atoms with Gasteiger partial charge in [-0.25, -0.2) is 4.39 Å². The molecule has 0 atom stereocenters.